The highest BCUT2D eigenvalue weighted by Gasteiger charge is 2.18. The van der Waals surface area contributed by atoms with Crippen LogP contribution in [0.2, 0.25) is 0 Å². The van der Waals surface area contributed by atoms with Gasteiger partial charge in [0.2, 0.25) is 0 Å². The average Bonchev–Trinajstić information content (AvgIpc) is 3.29. The van der Waals surface area contributed by atoms with Gasteiger partial charge in [0.25, 0.3) is 0 Å². The monoisotopic (exact) mass is 730 g/mol. The lowest BCUT2D eigenvalue weighted by atomic mass is 9.86. The van der Waals surface area contributed by atoms with E-state index in [9.17, 15) is 0 Å². The van der Waals surface area contributed by atoms with E-state index in [1.165, 1.54) is 131 Å². The normalized spacial score (nSPS) is 12.1. The second-order valence-corrected chi connectivity index (χ2v) is 16.0. The van der Waals surface area contributed by atoms with Crippen LogP contribution in [0, 0.1) is 0 Å². The highest BCUT2D eigenvalue weighted by Crippen LogP contribution is 2.45. The molecule has 0 fully saturated rings. The first-order valence-electron chi connectivity index (χ1n) is 20.2. The maximum atomic E-state index is 2.43. The SMILES string of the molecule is c1ccc2c(-c3ccc(-c4cc(-c5ccc6ccc7cccc8ccc5c6c78)cc(-c5ccc6ccc7cccc8ccc5c6c78)c4)cc3)c3ccccc3cc2c1. The zero-order valence-electron chi connectivity index (χ0n) is 31.6. The number of hydrogen-bond donors (Lipinski definition) is 0. The summed E-state index contributed by atoms with van der Waals surface area (Å²) < 4.78 is 0. The Labute approximate surface area is 335 Å². The van der Waals surface area contributed by atoms with Crippen LogP contribution in [0.3, 0.4) is 0 Å². The molecular formula is C58H34. The van der Waals surface area contributed by atoms with Gasteiger partial charge in [-0.3, -0.25) is 0 Å². The molecule has 0 aliphatic rings. The van der Waals surface area contributed by atoms with Crippen molar-refractivity contribution >= 4 is 86.2 Å². The Morgan fingerprint density at radius 1 is 0.190 bits per heavy atom. The van der Waals surface area contributed by atoms with Crippen molar-refractivity contribution in [2.75, 3.05) is 0 Å². The molecule has 0 aliphatic heterocycles. The second kappa shape index (κ2) is 12.0. The molecule has 13 rings (SSSR count). The molecule has 0 nitrogen and oxygen atoms in total. The zero-order chi connectivity index (χ0) is 37.9. The molecule has 0 amide bonds. The third kappa shape index (κ3) is 4.58. The molecule has 0 radical (unpaired) electrons. The van der Waals surface area contributed by atoms with Gasteiger partial charge in [-0.2, -0.15) is 0 Å². The van der Waals surface area contributed by atoms with Crippen molar-refractivity contribution in [1.82, 2.24) is 0 Å². The summed E-state index contributed by atoms with van der Waals surface area (Å²) in [5.74, 6) is 0. The van der Waals surface area contributed by atoms with E-state index in [-0.39, 0.29) is 0 Å². The van der Waals surface area contributed by atoms with Crippen molar-refractivity contribution in [1.29, 1.82) is 0 Å². The predicted molar refractivity (Wildman–Crippen MR) is 251 cm³/mol. The third-order valence-electron chi connectivity index (χ3n) is 12.9. The van der Waals surface area contributed by atoms with Gasteiger partial charge >= 0.3 is 0 Å². The maximum Gasteiger partial charge on any atom is -0.00206 e. The second-order valence-electron chi connectivity index (χ2n) is 16.0. The van der Waals surface area contributed by atoms with Crippen LogP contribution < -0.4 is 0 Å². The van der Waals surface area contributed by atoms with Gasteiger partial charge in [-0.1, -0.05) is 182 Å². The standard InChI is InChI=1S/C58H34/c1-3-13-50-43(7-1)31-44-8-2-4-14-51(44)56(50)40-17-15-35(16-18-40)45-32-46(48-27-23-41-21-19-36-9-5-11-38-25-29-52(48)57(41)54(36)38)34-47(33-45)49-28-24-42-22-20-37-10-6-12-39-26-30-53(49)58(42)55(37)39/h1-34H. The largest absolute Gasteiger partial charge is 0.0616 e. The molecule has 13 aromatic carbocycles. The Bertz CT molecular complexity index is 3520. The van der Waals surface area contributed by atoms with Crippen LogP contribution in [0.15, 0.2) is 206 Å². The summed E-state index contributed by atoms with van der Waals surface area (Å²) in [5, 5.41) is 20.7. The van der Waals surface area contributed by atoms with Crippen molar-refractivity contribution in [3.8, 4) is 44.5 Å². The summed E-state index contributed by atoms with van der Waals surface area (Å²) in [6, 6.07) is 77.4. The Balaban J connectivity index is 1.05. The molecule has 0 spiro atoms. The maximum absolute atomic E-state index is 2.43. The minimum atomic E-state index is 1.20. The van der Waals surface area contributed by atoms with E-state index < -0.39 is 0 Å². The highest BCUT2D eigenvalue weighted by molar-refractivity contribution is 6.27. The molecular weight excluding hydrogens is 697 g/mol. The minimum Gasteiger partial charge on any atom is -0.0616 e. The van der Waals surface area contributed by atoms with Crippen molar-refractivity contribution < 1.29 is 0 Å². The molecule has 0 N–H and O–H groups in total. The first-order valence-corrected chi connectivity index (χ1v) is 20.2. The van der Waals surface area contributed by atoms with Crippen LogP contribution in [0.4, 0.5) is 0 Å². The van der Waals surface area contributed by atoms with Crippen molar-refractivity contribution in [3.05, 3.63) is 206 Å². The molecule has 266 valence electrons. The molecule has 0 heteroatoms. The van der Waals surface area contributed by atoms with Crippen LogP contribution in [0.25, 0.3) is 131 Å². The molecule has 0 saturated heterocycles. The van der Waals surface area contributed by atoms with Crippen molar-refractivity contribution in [2.24, 2.45) is 0 Å². The molecule has 0 bridgehead atoms. The molecule has 0 saturated carbocycles. The van der Waals surface area contributed by atoms with E-state index >= 15 is 0 Å². The smallest absolute Gasteiger partial charge is 0.00206 e. The third-order valence-corrected chi connectivity index (χ3v) is 12.9. The lowest BCUT2D eigenvalue weighted by Gasteiger charge is -2.18. The minimum absolute atomic E-state index is 1.20. The van der Waals surface area contributed by atoms with Crippen LogP contribution >= 0.6 is 0 Å². The van der Waals surface area contributed by atoms with Crippen LogP contribution in [0.1, 0.15) is 0 Å². The molecule has 0 atom stereocenters. The van der Waals surface area contributed by atoms with Gasteiger partial charge in [0, 0.05) is 0 Å². The Hall–Kier alpha value is -7.54. The summed E-state index contributed by atoms with van der Waals surface area (Å²) in [6.07, 6.45) is 0. The van der Waals surface area contributed by atoms with Crippen molar-refractivity contribution in [3.63, 3.8) is 0 Å². The van der Waals surface area contributed by atoms with Crippen LogP contribution in [-0.2, 0) is 0 Å². The Morgan fingerprint density at radius 2 is 0.569 bits per heavy atom. The van der Waals surface area contributed by atoms with Gasteiger partial charge in [-0.15, -0.1) is 0 Å². The van der Waals surface area contributed by atoms with Crippen molar-refractivity contribution in [2.45, 2.75) is 0 Å². The molecule has 0 aliphatic carbocycles. The van der Waals surface area contributed by atoms with E-state index in [4.69, 9.17) is 0 Å². The van der Waals surface area contributed by atoms with E-state index in [2.05, 4.69) is 206 Å². The van der Waals surface area contributed by atoms with Gasteiger partial charge in [-0.25, -0.2) is 0 Å². The molecule has 0 aromatic heterocycles. The topological polar surface area (TPSA) is 0 Å². The lowest BCUT2D eigenvalue weighted by molar-refractivity contribution is 1.59. The van der Waals surface area contributed by atoms with E-state index in [1.807, 2.05) is 0 Å². The van der Waals surface area contributed by atoms with E-state index in [0.29, 0.717) is 0 Å². The highest BCUT2D eigenvalue weighted by atomic mass is 14.2. The zero-order valence-corrected chi connectivity index (χ0v) is 31.6. The van der Waals surface area contributed by atoms with Crippen LogP contribution in [-0.4, -0.2) is 0 Å². The number of rotatable bonds is 4. The Morgan fingerprint density at radius 3 is 1.07 bits per heavy atom. The van der Waals surface area contributed by atoms with E-state index in [1.54, 1.807) is 0 Å². The first kappa shape index (κ1) is 31.6. The fourth-order valence-corrected chi connectivity index (χ4v) is 10.2. The summed E-state index contributed by atoms with van der Waals surface area (Å²) in [4.78, 5) is 0. The molecule has 13 aromatic rings. The first-order chi connectivity index (χ1) is 28.7. The van der Waals surface area contributed by atoms with Gasteiger partial charge in [0.1, 0.15) is 0 Å². The summed E-state index contributed by atoms with van der Waals surface area (Å²) in [7, 11) is 0. The van der Waals surface area contributed by atoms with Crippen LogP contribution in [0.5, 0.6) is 0 Å². The lowest BCUT2D eigenvalue weighted by Crippen LogP contribution is -1.91. The Kier molecular flexibility index (Phi) is 6.54. The molecule has 58 heavy (non-hydrogen) atoms. The quantitative estimate of drug-likeness (QED) is 0.125. The predicted octanol–water partition coefficient (Wildman–Crippen LogP) is 16.5. The number of fused-ring (bicyclic) bond motifs is 2. The summed E-state index contributed by atoms with van der Waals surface area (Å²) >= 11 is 0. The fourth-order valence-electron chi connectivity index (χ4n) is 10.2. The van der Waals surface area contributed by atoms with Gasteiger partial charge in [0.15, 0.2) is 0 Å². The fraction of sp³-hybridized carbons (Fsp3) is 0. The van der Waals surface area contributed by atoms with Gasteiger partial charge in [0.05, 0.1) is 0 Å². The summed E-state index contributed by atoms with van der Waals surface area (Å²) in [6.45, 7) is 0. The summed E-state index contributed by atoms with van der Waals surface area (Å²) in [5.41, 5.74) is 9.88. The van der Waals surface area contributed by atoms with E-state index in [0.717, 1.165) is 0 Å². The van der Waals surface area contributed by atoms with Gasteiger partial charge < -0.3 is 0 Å². The molecule has 0 heterocycles. The van der Waals surface area contributed by atoms with Gasteiger partial charge in [-0.05, 0) is 155 Å². The number of hydrogen-bond acceptors (Lipinski definition) is 0. The average molecular weight is 731 g/mol. The molecule has 0 unspecified atom stereocenters. The number of benzene rings is 13.